The summed E-state index contributed by atoms with van der Waals surface area (Å²) in [5.41, 5.74) is -0.955. The number of amides is 1. The zero-order chi connectivity index (χ0) is 15.2. The minimum absolute atomic E-state index is 0.103. The van der Waals surface area contributed by atoms with Crippen molar-refractivity contribution in [3.8, 4) is 0 Å². The standard InChI is InChI=1S/C15H29NO2Si/c1-9-10-11-12(15(5,6)18)13(17)16(11)19(7,8)14(2,3)4/h9,11-12,18H,1,10H2,2-8H3/t11-,12-/m1/s1. The topological polar surface area (TPSA) is 40.5 Å². The van der Waals surface area contributed by atoms with Gasteiger partial charge in [0.05, 0.1) is 11.5 Å². The quantitative estimate of drug-likeness (QED) is 0.489. The Kier molecular flexibility index (Phi) is 4.10. The minimum Gasteiger partial charge on any atom is -0.390 e. The highest BCUT2D eigenvalue weighted by molar-refractivity contribution is 6.80. The largest absolute Gasteiger partial charge is 0.390 e. The fourth-order valence-electron chi connectivity index (χ4n) is 2.78. The fraction of sp³-hybridized carbons (Fsp3) is 0.800. The van der Waals surface area contributed by atoms with Gasteiger partial charge in [-0.15, -0.1) is 6.58 Å². The lowest BCUT2D eigenvalue weighted by Gasteiger charge is -2.60. The molecule has 0 aliphatic carbocycles. The molecule has 0 saturated carbocycles. The molecule has 0 aromatic heterocycles. The summed E-state index contributed by atoms with van der Waals surface area (Å²) in [5, 5.41) is 10.3. The number of β-lactam (4-membered cyclic amide) rings is 1. The maximum atomic E-state index is 12.6. The van der Waals surface area contributed by atoms with Crippen molar-refractivity contribution in [2.45, 2.75) is 70.8 Å². The van der Waals surface area contributed by atoms with E-state index in [1.807, 2.05) is 6.08 Å². The van der Waals surface area contributed by atoms with Gasteiger partial charge in [-0.1, -0.05) is 39.9 Å². The lowest BCUT2D eigenvalue weighted by atomic mass is 9.76. The molecule has 1 saturated heterocycles. The van der Waals surface area contributed by atoms with Gasteiger partial charge in [-0.25, -0.2) is 0 Å². The molecule has 0 unspecified atom stereocenters. The number of rotatable bonds is 4. The van der Waals surface area contributed by atoms with Gasteiger partial charge in [0, 0.05) is 6.04 Å². The molecule has 1 N–H and O–H groups in total. The van der Waals surface area contributed by atoms with Crippen molar-refractivity contribution in [1.82, 2.24) is 4.57 Å². The third-order valence-electron chi connectivity index (χ3n) is 4.83. The number of carbonyl (C=O) groups is 1. The van der Waals surface area contributed by atoms with Crippen LogP contribution in [0.2, 0.25) is 18.1 Å². The van der Waals surface area contributed by atoms with Crippen molar-refractivity contribution in [3.63, 3.8) is 0 Å². The van der Waals surface area contributed by atoms with E-state index in [9.17, 15) is 9.90 Å². The van der Waals surface area contributed by atoms with Crippen molar-refractivity contribution in [2.24, 2.45) is 5.92 Å². The average Bonchev–Trinajstić information content (AvgIpc) is 2.12. The highest BCUT2D eigenvalue weighted by Crippen LogP contribution is 2.47. The summed E-state index contributed by atoms with van der Waals surface area (Å²) in [6.45, 7) is 18.3. The molecule has 110 valence electrons. The maximum absolute atomic E-state index is 12.6. The normalized spacial score (nSPS) is 25.3. The van der Waals surface area contributed by atoms with Crippen LogP contribution in [0.1, 0.15) is 41.0 Å². The van der Waals surface area contributed by atoms with Crippen LogP contribution in [-0.4, -0.2) is 35.5 Å². The van der Waals surface area contributed by atoms with E-state index in [1.165, 1.54) is 0 Å². The van der Waals surface area contributed by atoms with Crippen LogP contribution in [0.15, 0.2) is 12.7 Å². The second-order valence-corrected chi connectivity index (χ2v) is 12.8. The minimum atomic E-state index is -1.88. The Labute approximate surface area is 118 Å². The summed E-state index contributed by atoms with van der Waals surface area (Å²) in [4.78, 5) is 12.6. The summed E-state index contributed by atoms with van der Waals surface area (Å²) >= 11 is 0. The van der Waals surface area contributed by atoms with E-state index in [2.05, 4.69) is 45.0 Å². The number of hydrogen-bond acceptors (Lipinski definition) is 2. The van der Waals surface area contributed by atoms with E-state index in [0.29, 0.717) is 0 Å². The molecule has 1 aliphatic rings. The maximum Gasteiger partial charge on any atom is 0.223 e. The van der Waals surface area contributed by atoms with Gasteiger partial charge in [0.2, 0.25) is 5.91 Å². The summed E-state index contributed by atoms with van der Waals surface area (Å²) in [6.07, 6.45) is 2.61. The molecular weight excluding hydrogens is 254 g/mol. The van der Waals surface area contributed by atoms with Gasteiger partial charge in [-0.2, -0.15) is 0 Å². The molecule has 1 rings (SSSR count). The first-order chi connectivity index (χ1) is 8.35. The van der Waals surface area contributed by atoms with Gasteiger partial charge in [0.1, 0.15) is 0 Å². The van der Waals surface area contributed by atoms with E-state index in [0.717, 1.165) is 6.42 Å². The molecule has 0 aromatic carbocycles. The first-order valence-electron chi connectivity index (χ1n) is 7.02. The Balaban J connectivity index is 3.11. The zero-order valence-corrected chi connectivity index (χ0v) is 14.4. The Bertz CT molecular complexity index is 377. The molecule has 4 heteroatoms. The average molecular weight is 283 g/mol. The Morgan fingerprint density at radius 2 is 1.79 bits per heavy atom. The molecule has 3 nitrogen and oxygen atoms in total. The van der Waals surface area contributed by atoms with Crippen LogP contribution >= 0.6 is 0 Å². The molecule has 19 heavy (non-hydrogen) atoms. The van der Waals surface area contributed by atoms with E-state index in [-0.39, 0.29) is 22.9 Å². The summed E-state index contributed by atoms with van der Waals surface area (Å²) in [7, 11) is -1.88. The molecule has 0 bridgehead atoms. The van der Waals surface area contributed by atoms with Crippen LogP contribution in [-0.2, 0) is 4.79 Å². The van der Waals surface area contributed by atoms with Gasteiger partial charge in [0.15, 0.2) is 8.24 Å². The Morgan fingerprint density at radius 1 is 1.32 bits per heavy atom. The lowest BCUT2D eigenvalue weighted by molar-refractivity contribution is -0.163. The Morgan fingerprint density at radius 3 is 2.11 bits per heavy atom. The number of aliphatic hydroxyl groups is 1. The van der Waals surface area contributed by atoms with Gasteiger partial charge < -0.3 is 9.67 Å². The van der Waals surface area contributed by atoms with Gasteiger partial charge in [-0.3, -0.25) is 4.79 Å². The predicted octanol–water partition coefficient (Wildman–Crippen LogP) is 3.17. The summed E-state index contributed by atoms with van der Waals surface area (Å²) in [6, 6.07) is 0.103. The molecule has 0 radical (unpaired) electrons. The third-order valence-corrected chi connectivity index (χ3v) is 10.3. The van der Waals surface area contributed by atoms with Gasteiger partial charge in [-0.05, 0) is 25.3 Å². The van der Waals surface area contributed by atoms with Crippen molar-refractivity contribution in [2.75, 3.05) is 0 Å². The molecular formula is C15H29NO2Si. The van der Waals surface area contributed by atoms with E-state index >= 15 is 0 Å². The van der Waals surface area contributed by atoms with Crippen LogP contribution in [0.5, 0.6) is 0 Å². The second kappa shape index (κ2) is 4.74. The van der Waals surface area contributed by atoms with E-state index in [1.54, 1.807) is 13.8 Å². The molecule has 0 aromatic rings. The molecule has 0 spiro atoms. The second-order valence-electron chi connectivity index (χ2n) is 7.74. The SMILES string of the molecule is C=CC[C@@H]1[C@@H](C(C)(C)O)C(=O)N1[Si](C)(C)C(C)(C)C. The molecule has 1 heterocycles. The smallest absolute Gasteiger partial charge is 0.223 e. The van der Waals surface area contributed by atoms with Crippen molar-refractivity contribution in [1.29, 1.82) is 0 Å². The first-order valence-corrected chi connectivity index (χ1v) is 9.97. The number of carbonyl (C=O) groups excluding carboxylic acids is 1. The highest BCUT2D eigenvalue weighted by atomic mass is 28.3. The third kappa shape index (κ3) is 2.65. The monoisotopic (exact) mass is 283 g/mol. The van der Waals surface area contributed by atoms with Crippen LogP contribution in [0.3, 0.4) is 0 Å². The Hall–Kier alpha value is -0.613. The number of nitrogens with zero attached hydrogens (tertiary/aromatic N) is 1. The summed E-state index contributed by atoms with van der Waals surface area (Å²) in [5.74, 6) is -0.175. The summed E-state index contributed by atoms with van der Waals surface area (Å²) < 4.78 is 2.08. The first kappa shape index (κ1) is 16.4. The molecule has 1 aliphatic heterocycles. The molecule has 2 atom stereocenters. The van der Waals surface area contributed by atoms with Crippen molar-refractivity contribution >= 4 is 14.1 Å². The van der Waals surface area contributed by atoms with Gasteiger partial charge in [0.25, 0.3) is 0 Å². The number of hydrogen-bond donors (Lipinski definition) is 1. The van der Waals surface area contributed by atoms with Crippen LogP contribution in [0.4, 0.5) is 0 Å². The van der Waals surface area contributed by atoms with Crippen LogP contribution < -0.4 is 0 Å². The predicted molar refractivity (Wildman–Crippen MR) is 82.4 cm³/mol. The molecule has 1 fully saturated rings. The van der Waals surface area contributed by atoms with E-state index in [4.69, 9.17) is 0 Å². The molecule has 1 amide bonds. The van der Waals surface area contributed by atoms with E-state index < -0.39 is 13.8 Å². The van der Waals surface area contributed by atoms with Crippen molar-refractivity contribution in [3.05, 3.63) is 12.7 Å². The fourth-order valence-corrected chi connectivity index (χ4v) is 5.28. The van der Waals surface area contributed by atoms with Crippen LogP contribution in [0.25, 0.3) is 0 Å². The lowest BCUT2D eigenvalue weighted by Crippen LogP contribution is -2.76. The zero-order valence-electron chi connectivity index (χ0n) is 13.4. The highest BCUT2D eigenvalue weighted by Gasteiger charge is 2.60. The van der Waals surface area contributed by atoms with Crippen LogP contribution in [0, 0.1) is 5.92 Å². The van der Waals surface area contributed by atoms with Crippen molar-refractivity contribution < 1.29 is 9.90 Å². The van der Waals surface area contributed by atoms with Gasteiger partial charge >= 0.3 is 0 Å².